The Kier molecular flexibility index (Phi) is 7.32. The van der Waals surface area contributed by atoms with Crippen LogP contribution in [0.1, 0.15) is 13.8 Å². The van der Waals surface area contributed by atoms with E-state index in [2.05, 4.69) is 15.5 Å². The summed E-state index contributed by atoms with van der Waals surface area (Å²) in [6.45, 7) is 8.10. The van der Waals surface area contributed by atoms with Gasteiger partial charge < -0.3 is 20.3 Å². The highest BCUT2D eigenvalue weighted by Gasteiger charge is 2.22. The van der Waals surface area contributed by atoms with E-state index in [0.717, 1.165) is 13.1 Å². The summed E-state index contributed by atoms with van der Waals surface area (Å²) in [6.07, 6.45) is 0. The van der Waals surface area contributed by atoms with Gasteiger partial charge in [-0.25, -0.2) is 4.79 Å². The van der Waals surface area contributed by atoms with Crippen LogP contribution in [0.2, 0.25) is 0 Å². The quantitative estimate of drug-likeness (QED) is 0.689. The molecule has 0 saturated carbocycles. The van der Waals surface area contributed by atoms with Crippen molar-refractivity contribution in [1.29, 1.82) is 0 Å². The van der Waals surface area contributed by atoms with Crippen LogP contribution in [0.3, 0.4) is 0 Å². The van der Waals surface area contributed by atoms with Crippen molar-refractivity contribution in [1.82, 2.24) is 20.4 Å². The van der Waals surface area contributed by atoms with Crippen molar-refractivity contribution in [2.24, 2.45) is 0 Å². The molecule has 1 fully saturated rings. The Labute approximate surface area is 120 Å². The highest BCUT2D eigenvalue weighted by atomic mass is 16.5. The molecule has 1 unspecified atom stereocenters. The van der Waals surface area contributed by atoms with Gasteiger partial charge in [0, 0.05) is 45.9 Å². The molecule has 1 saturated heterocycles. The molecule has 1 aliphatic heterocycles. The lowest BCUT2D eigenvalue weighted by atomic mass is 10.3. The first-order chi connectivity index (χ1) is 9.56. The molecular weight excluding hydrogens is 260 g/mol. The number of hydrogen-bond donors (Lipinski definition) is 2. The monoisotopic (exact) mass is 286 g/mol. The van der Waals surface area contributed by atoms with Crippen LogP contribution in [0.15, 0.2) is 0 Å². The lowest BCUT2D eigenvalue weighted by Crippen LogP contribution is -2.54. The standard InChI is InChI=1S/C13H26N4O3/c1-4-14-13(19)17-7-5-16(6-8-17)9-12(18)15-11(2)10-20-3/h11H,4-10H2,1-3H3,(H,14,19)(H,15,18). The Morgan fingerprint density at radius 3 is 2.45 bits per heavy atom. The van der Waals surface area contributed by atoms with Crippen LogP contribution in [-0.4, -0.2) is 80.8 Å². The summed E-state index contributed by atoms with van der Waals surface area (Å²) in [5.41, 5.74) is 0. The van der Waals surface area contributed by atoms with Gasteiger partial charge in [-0.1, -0.05) is 0 Å². The number of hydrogen-bond acceptors (Lipinski definition) is 4. The van der Waals surface area contributed by atoms with Gasteiger partial charge in [-0.2, -0.15) is 0 Å². The second-order valence-corrected chi connectivity index (χ2v) is 5.02. The van der Waals surface area contributed by atoms with E-state index < -0.39 is 0 Å². The van der Waals surface area contributed by atoms with Gasteiger partial charge in [-0.3, -0.25) is 9.69 Å². The molecule has 3 amide bonds. The Balaban J connectivity index is 2.25. The topological polar surface area (TPSA) is 73.9 Å². The molecule has 0 bridgehead atoms. The zero-order valence-electron chi connectivity index (χ0n) is 12.6. The average Bonchev–Trinajstić information content (AvgIpc) is 2.39. The average molecular weight is 286 g/mol. The van der Waals surface area contributed by atoms with Crippen LogP contribution in [-0.2, 0) is 9.53 Å². The number of methoxy groups -OCH3 is 1. The van der Waals surface area contributed by atoms with Crippen LogP contribution in [0.25, 0.3) is 0 Å². The highest BCUT2D eigenvalue weighted by molar-refractivity contribution is 5.78. The summed E-state index contributed by atoms with van der Waals surface area (Å²) >= 11 is 0. The first-order valence-electron chi connectivity index (χ1n) is 7.10. The molecule has 0 aromatic carbocycles. The number of nitrogens with one attached hydrogen (secondary N) is 2. The van der Waals surface area contributed by atoms with E-state index in [1.165, 1.54) is 0 Å². The minimum absolute atomic E-state index is 0.000935. The van der Waals surface area contributed by atoms with E-state index in [4.69, 9.17) is 4.74 Å². The number of carbonyl (C=O) groups is 2. The molecule has 0 aromatic rings. The molecule has 20 heavy (non-hydrogen) atoms. The fraction of sp³-hybridized carbons (Fsp3) is 0.846. The van der Waals surface area contributed by atoms with Crippen molar-refractivity contribution in [3.05, 3.63) is 0 Å². The number of amides is 3. The molecule has 0 aromatic heterocycles. The number of urea groups is 1. The molecular formula is C13H26N4O3. The molecule has 116 valence electrons. The lowest BCUT2D eigenvalue weighted by Gasteiger charge is -2.34. The number of rotatable bonds is 6. The summed E-state index contributed by atoms with van der Waals surface area (Å²) in [5.74, 6) is 0.000935. The van der Waals surface area contributed by atoms with E-state index in [0.29, 0.717) is 32.8 Å². The normalized spacial score (nSPS) is 17.6. The van der Waals surface area contributed by atoms with Gasteiger partial charge in [0.25, 0.3) is 0 Å². The molecule has 0 spiro atoms. The summed E-state index contributed by atoms with van der Waals surface area (Å²) in [6, 6.07) is -0.00515. The highest BCUT2D eigenvalue weighted by Crippen LogP contribution is 2.01. The van der Waals surface area contributed by atoms with Crippen molar-refractivity contribution >= 4 is 11.9 Å². The zero-order valence-corrected chi connectivity index (χ0v) is 12.6. The van der Waals surface area contributed by atoms with E-state index in [9.17, 15) is 9.59 Å². The second kappa shape index (κ2) is 8.76. The SMILES string of the molecule is CCNC(=O)N1CCN(CC(=O)NC(C)COC)CC1. The maximum atomic E-state index is 11.8. The van der Waals surface area contributed by atoms with Crippen LogP contribution in [0.5, 0.6) is 0 Å². The number of carbonyl (C=O) groups excluding carboxylic acids is 2. The van der Waals surface area contributed by atoms with Crippen LogP contribution in [0, 0.1) is 0 Å². The minimum Gasteiger partial charge on any atom is -0.383 e. The van der Waals surface area contributed by atoms with Gasteiger partial charge >= 0.3 is 6.03 Å². The second-order valence-electron chi connectivity index (χ2n) is 5.02. The van der Waals surface area contributed by atoms with E-state index >= 15 is 0 Å². The maximum absolute atomic E-state index is 11.8. The van der Waals surface area contributed by atoms with Gasteiger partial charge in [-0.05, 0) is 13.8 Å². The van der Waals surface area contributed by atoms with Gasteiger partial charge in [0.2, 0.25) is 5.91 Å². The van der Waals surface area contributed by atoms with Crippen LogP contribution in [0.4, 0.5) is 4.79 Å². The Morgan fingerprint density at radius 2 is 1.90 bits per heavy atom. The summed E-state index contributed by atoms with van der Waals surface area (Å²) in [5, 5.41) is 5.67. The van der Waals surface area contributed by atoms with Crippen molar-refractivity contribution in [3.8, 4) is 0 Å². The molecule has 7 nitrogen and oxygen atoms in total. The molecule has 0 aliphatic carbocycles. The first kappa shape index (κ1) is 16.7. The number of piperazine rings is 1. The Hall–Kier alpha value is -1.34. The van der Waals surface area contributed by atoms with E-state index in [1.807, 2.05) is 13.8 Å². The predicted molar refractivity (Wildman–Crippen MR) is 76.6 cm³/mol. The number of ether oxygens (including phenoxy) is 1. The maximum Gasteiger partial charge on any atom is 0.317 e. The third-order valence-corrected chi connectivity index (χ3v) is 3.18. The Bertz CT molecular complexity index is 317. The van der Waals surface area contributed by atoms with Gasteiger partial charge in [0.05, 0.1) is 13.2 Å². The Morgan fingerprint density at radius 1 is 1.25 bits per heavy atom. The van der Waals surface area contributed by atoms with Crippen molar-refractivity contribution < 1.29 is 14.3 Å². The fourth-order valence-electron chi connectivity index (χ4n) is 2.19. The molecule has 1 heterocycles. The predicted octanol–water partition coefficient (Wildman–Crippen LogP) is -0.515. The lowest BCUT2D eigenvalue weighted by molar-refractivity contribution is -0.123. The third-order valence-electron chi connectivity index (χ3n) is 3.18. The zero-order chi connectivity index (χ0) is 15.0. The molecule has 1 aliphatic rings. The molecule has 2 N–H and O–H groups in total. The first-order valence-corrected chi connectivity index (χ1v) is 7.10. The fourth-order valence-corrected chi connectivity index (χ4v) is 2.19. The van der Waals surface area contributed by atoms with Crippen molar-refractivity contribution in [2.75, 3.05) is 53.0 Å². The molecule has 7 heteroatoms. The smallest absolute Gasteiger partial charge is 0.317 e. The van der Waals surface area contributed by atoms with Crippen molar-refractivity contribution in [2.45, 2.75) is 19.9 Å². The largest absolute Gasteiger partial charge is 0.383 e. The number of nitrogens with zero attached hydrogens (tertiary/aromatic N) is 2. The van der Waals surface area contributed by atoms with Crippen LogP contribution >= 0.6 is 0 Å². The molecule has 1 atom stereocenters. The van der Waals surface area contributed by atoms with Crippen LogP contribution < -0.4 is 10.6 Å². The minimum atomic E-state index is -0.0229. The van der Waals surface area contributed by atoms with Gasteiger partial charge in [-0.15, -0.1) is 0 Å². The summed E-state index contributed by atoms with van der Waals surface area (Å²) < 4.78 is 4.98. The van der Waals surface area contributed by atoms with Crippen molar-refractivity contribution in [3.63, 3.8) is 0 Å². The van der Waals surface area contributed by atoms with Gasteiger partial charge in [0.15, 0.2) is 0 Å². The summed E-state index contributed by atoms with van der Waals surface area (Å²) in [7, 11) is 1.61. The molecule has 1 rings (SSSR count). The van der Waals surface area contributed by atoms with E-state index in [-0.39, 0.29) is 18.0 Å². The third kappa shape index (κ3) is 5.75. The van der Waals surface area contributed by atoms with E-state index in [1.54, 1.807) is 12.0 Å². The van der Waals surface area contributed by atoms with Gasteiger partial charge in [0.1, 0.15) is 0 Å². The molecule has 0 radical (unpaired) electrons. The summed E-state index contributed by atoms with van der Waals surface area (Å²) in [4.78, 5) is 27.3.